The van der Waals surface area contributed by atoms with E-state index < -0.39 is 0 Å². The van der Waals surface area contributed by atoms with Gasteiger partial charge in [-0.3, -0.25) is 14.2 Å². The molecule has 0 aliphatic carbocycles. The van der Waals surface area contributed by atoms with Gasteiger partial charge in [0.2, 0.25) is 0 Å². The molecule has 3 rings (SSSR count). The van der Waals surface area contributed by atoms with E-state index in [4.69, 9.17) is 12.2 Å². The Labute approximate surface area is 155 Å². The molecule has 0 spiro atoms. The molecule has 0 saturated heterocycles. The van der Waals surface area contributed by atoms with Gasteiger partial charge in [0.25, 0.3) is 11.5 Å². The Hall–Kier alpha value is -2.32. The van der Waals surface area contributed by atoms with E-state index >= 15 is 0 Å². The van der Waals surface area contributed by atoms with E-state index in [1.165, 1.54) is 16.7 Å². The van der Waals surface area contributed by atoms with Crippen LogP contribution in [0.3, 0.4) is 0 Å². The fourth-order valence-corrected chi connectivity index (χ4v) is 2.98. The van der Waals surface area contributed by atoms with Crippen molar-refractivity contribution in [1.29, 1.82) is 0 Å². The standard InChI is InChI=1S/C17H13BrFN3O2S/c1-22-16(24)12-4-2-9(7-14(12)21-17(22)25)15(23)20-8-10-6-11(19)3-5-13(10)18/h2-7H,8H2,1H3,(H,20,23)(H,21,25). The van der Waals surface area contributed by atoms with Crippen molar-refractivity contribution < 1.29 is 9.18 Å². The average Bonchev–Trinajstić information content (AvgIpc) is 2.59. The molecule has 0 aliphatic heterocycles. The highest BCUT2D eigenvalue weighted by Crippen LogP contribution is 2.18. The molecule has 1 heterocycles. The molecular weight excluding hydrogens is 409 g/mol. The number of nitrogens with one attached hydrogen (secondary N) is 2. The van der Waals surface area contributed by atoms with Crippen LogP contribution < -0.4 is 10.9 Å². The van der Waals surface area contributed by atoms with Crippen LogP contribution in [0, 0.1) is 10.6 Å². The van der Waals surface area contributed by atoms with Crippen LogP contribution in [0.5, 0.6) is 0 Å². The van der Waals surface area contributed by atoms with Crippen molar-refractivity contribution >= 4 is 45.0 Å². The predicted octanol–water partition coefficient (Wildman–Crippen LogP) is 3.43. The minimum Gasteiger partial charge on any atom is -0.348 e. The summed E-state index contributed by atoms with van der Waals surface area (Å²) in [5, 5.41) is 3.17. The summed E-state index contributed by atoms with van der Waals surface area (Å²) >= 11 is 8.41. The van der Waals surface area contributed by atoms with Gasteiger partial charge in [0.1, 0.15) is 5.82 Å². The lowest BCUT2D eigenvalue weighted by atomic mass is 10.1. The number of aromatic nitrogens is 2. The molecule has 1 amide bonds. The Morgan fingerprint density at radius 2 is 2.08 bits per heavy atom. The Morgan fingerprint density at radius 3 is 2.84 bits per heavy atom. The normalized spacial score (nSPS) is 10.8. The summed E-state index contributed by atoms with van der Waals surface area (Å²) in [5.74, 6) is -0.709. The van der Waals surface area contributed by atoms with Gasteiger partial charge >= 0.3 is 0 Å². The number of nitrogens with zero attached hydrogens (tertiary/aromatic N) is 1. The summed E-state index contributed by atoms with van der Waals surface area (Å²) in [6, 6.07) is 8.99. The number of hydrogen-bond acceptors (Lipinski definition) is 3. The third kappa shape index (κ3) is 3.54. The fourth-order valence-electron chi connectivity index (χ4n) is 2.40. The van der Waals surface area contributed by atoms with Crippen molar-refractivity contribution in [2.75, 3.05) is 0 Å². The molecule has 8 heteroatoms. The average molecular weight is 422 g/mol. The predicted molar refractivity (Wildman–Crippen MR) is 99.6 cm³/mol. The molecule has 0 atom stereocenters. The van der Waals surface area contributed by atoms with Crippen LogP contribution >= 0.6 is 28.1 Å². The number of amides is 1. The highest BCUT2D eigenvalue weighted by atomic mass is 79.9. The number of halogens is 2. The lowest BCUT2D eigenvalue weighted by Gasteiger charge is -2.09. The van der Waals surface area contributed by atoms with Gasteiger partial charge in [-0.1, -0.05) is 15.9 Å². The van der Waals surface area contributed by atoms with Crippen LogP contribution in [0.1, 0.15) is 15.9 Å². The van der Waals surface area contributed by atoms with Gasteiger partial charge in [0.05, 0.1) is 10.9 Å². The molecule has 0 fully saturated rings. The monoisotopic (exact) mass is 421 g/mol. The number of carbonyl (C=O) groups excluding carboxylic acids is 1. The first-order valence-corrected chi connectivity index (χ1v) is 8.52. The van der Waals surface area contributed by atoms with Crippen LogP contribution in [-0.4, -0.2) is 15.5 Å². The molecule has 0 bridgehead atoms. The number of fused-ring (bicyclic) bond motifs is 1. The second-order valence-corrected chi connectivity index (χ2v) is 6.71. The Morgan fingerprint density at radius 1 is 1.32 bits per heavy atom. The molecule has 3 aromatic rings. The summed E-state index contributed by atoms with van der Waals surface area (Å²) < 4.78 is 15.6. The molecule has 25 heavy (non-hydrogen) atoms. The number of H-pyrrole nitrogens is 1. The lowest BCUT2D eigenvalue weighted by molar-refractivity contribution is 0.0951. The Balaban J connectivity index is 1.87. The molecule has 2 N–H and O–H groups in total. The Kier molecular flexibility index (Phi) is 4.82. The first-order chi connectivity index (χ1) is 11.9. The van der Waals surface area contributed by atoms with Crippen molar-refractivity contribution in [2.45, 2.75) is 6.54 Å². The summed E-state index contributed by atoms with van der Waals surface area (Å²) in [4.78, 5) is 27.4. The third-order valence-electron chi connectivity index (χ3n) is 3.81. The van der Waals surface area contributed by atoms with Crippen LogP contribution in [0.15, 0.2) is 45.7 Å². The number of rotatable bonds is 3. The van der Waals surface area contributed by atoms with Crippen LogP contribution in [-0.2, 0) is 13.6 Å². The molecule has 5 nitrogen and oxygen atoms in total. The Bertz CT molecular complexity index is 1110. The zero-order valence-corrected chi connectivity index (χ0v) is 15.5. The SMILES string of the molecule is Cn1c(=S)[nH]c2cc(C(=O)NCc3cc(F)ccc3Br)ccc2c1=O. The minimum atomic E-state index is -0.374. The number of hydrogen-bond donors (Lipinski definition) is 2. The van der Waals surface area contributed by atoms with Gasteiger partial charge in [0.15, 0.2) is 4.77 Å². The number of aromatic amines is 1. The van der Waals surface area contributed by atoms with Gasteiger partial charge in [-0.05, 0) is 54.2 Å². The van der Waals surface area contributed by atoms with E-state index in [1.807, 2.05) is 0 Å². The highest BCUT2D eigenvalue weighted by Gasteiger charge is 2.10. The van der Waals surface area contributed by atoms with E-state index in [-0.39, 0.29) is 28.6 Å². The number of carbonyl (C=O) groups is 1. The minimum absolute atomic E-state index is 0.168. The van der Waals surface area contributed by atoms with Crippen LogP contribution in [0.25, 0.3) is 10.9 Å². The van der Waals surface area contributed by atoms with Crippen molar-refractivity contribution in [3.05, 3.63) is 72.9 Å². The first kappa shape index (κ1) is 17.5. The van der Waals surface area contributed by atoms with Crippen molar-refractivity contribution in [1.82, 2.24) is 14.9 Å². The lowest BCUT2D eigenvalue weighted by Crippen LogP contribution is -2.23. The van der Waals surface area contributed by atoms with Crippen molar-refractivity contribution in [3.63, 3.8) is 0 Å². The van der Waals surface area contributed by atoms with Gasteiger partial charge in [-0.15, -0.1) is 0 Å². The van der Waals surface area contributed by atoms with Gasteiger partial charge in [-0.25, -0.2) is 4.39 Å². The molecule has 0 unspecified atom stereocenters. The molecule has 128 valence electrons. The van der Waals surface area contributed by atoms with E-state index in [9.17, 15) is 14.0 Å². The summed E-state index contributed by atoms with van der Waals surface area (Å²) in [5.41, 5.74) is 1.27. The smallest absolute Gasteiger partial charge is 0.261 e. The zero-order chi connectivity index (χ0) is 18.1. The second kappa shape index (κ2) is 6.89. The molecule has 2 aromatic carbocycles. The maximum absolute atomic E-state index is 13.3. The van der Waals surface area contributed by atoms with E-state index in [0.717, 1.165) is 0 Å². The van der Waals surface area contributed by atoms with Crippen LogP contribution in [0.4, 0.5) is 4.39 Å². The van der Waals surface area contributed by atoms with E-state index in [0.29, 0.717) is 26.5 Å². The number of benzene rings is 2. The molecule has 0 aliphatic rings. The van der Waals surface area contributed by atoms with Gasteiger partial charge in [0, 0.05) is 23.6 Å². The van der Waals surface area contributed by atoms with Gasteiger partial charge in [-0.2, -0.15) is 0 Å². The maximum atomic E-state index is 13.3. The van der Waals surface area contributed by atoms with Crippen molar-refractivity contribution in [3.8, 4) is 0 Å². The summed E-state index contributed by atoms with van der Waals surface area (Å²) in [6.07, 6.45) is 0. The van der Waals surface area contributed by atoms with E-state index in [1.54, 1.807) is 31.3 Å². The van der Waals surface area contributed by atoms with Crippen LogP contribution in [0.2, 0.25) is 0 Å². The molecule has 1 aromatic heterocycles. The second-order valence-electron chi connectivity index (χ2n) is 5.47. The largest absolute Gasteiger partial charge is 0.348 e. The molecule has 0 saturated carbocycles. The van der Waals surface area contributed by atoms with Crippen molar-refractivity contribution in [2.24, 2.45) is 7.05 Å². The first-order valence-electron chi connectivity index (χ1n) is 7.32. The van der Waals surface area contributed by atoms with E-state index in [2.05, 4.69) is 26.2 Å². The molecular formula is C17H13BrFN3O2S. The summed E-state index contributed by atoms with van der Waals surface area (Å²) in [7, 11) is 1.58. The fraction of sp³-hybridized carbons (Fsp3) is 0.118. The topological polar surface area (TPSA) is 66.9 Å². The van der Waals surface area contributed by atoms with Gasteiger partial charge < -0.3 is 10.3 Å². The molecule has 0 radical (unpaired) electrons. The third-order valence-corrected chi connectivity index (χ3v) is 4.96. The summed E-state index contributed by atoms with van der Waals surface area (Å²) in [6.45, 7) is 0.168. The zero-order valence-electron chi connectivity index (χ0n) is 13.1. The highest BCUT2D eigenvalue weighted by molar-refractivity contribution is 9.10. The maximum Gasteiger partial charge on any atom is 0.261 e. The quantitative estimate of drug-likeness (QED) is 0.636.